The van der Waals surface area contributed by atoms with E-state index in [1.165, 1.54) is 0 Å². The molecule has 6 heteroatoms. The van der Waals surface area contributed by atoms with Gasteiger partial charge in [-0.3, -0.25) is 4.68 Å². The van der Waals surface area contributed by atoms with Crippen LogP contribution in [0, 0.1) is 0 Å². The number of hydrogen-bond donors (Lipinski definition) is 1. The molecule has 1 saturated heterocycles. The zero-order valence-corrected chi connectivity index (χ0v) is 12.9. The summed E-state index contributed by atoms with van der Waals surface area (Å²) in [5.41, 5.74) is 10.1. The topological polar surface area (TPSA) is 56.3 Å². The molecule has 2 aromatic rings. The Kier molecular flexibility index (Phi) is 3.67. The zero-order valence-electron chi connectivity index (χ0n) is 11.3. The van der Waals surface area contributed by atoms with Crippen LogP contribution in [0.15, 0.2) is 28.9 Å². The number of aryl methyl sites for hydroxylation is 1. The molecule has 0 unspecified atom stereocenters. The lowest BCUT2D eigenvalue weighted by Crippen LogP contribution is -2.36. The first-order chi connectivity index (χ1) is 9.65. The van der Waals surface area contributed by atoms with Crippen molar-refractivity contribution in [3.63, 3.8) is 0 Å². The maximum Gasteiger partial charge on any atom is 0.0822 e. The standard InChI is InChI=1S/C14H17BrN4O/c1-18-14(13(15)9-17-18)10-6-11(16)8-12(7-10)19-2-4-20-5-3-19/h6-9H,2-5,16H2,1H3. The van der Waals surface area contributed by atoms with Crippen LogP contribution in [0.3, 0.4) is 0 Å². The summed E-state index contributed by atoms with van der Waals surface area (Å²) in [6.07, 6.45) is 1.80. The Morgan fingerprint density at radius 2 is 2.00 bits per heavy atom. The molecule has 1 fully saturated rings. The second-order valence-electron chi connectivity index (χ2n) is 4.88. The highest BCUT2D eigenvalue weighted by Gasteiger charge is 2.15. The van der Waals surface area contributed by atoms with Gasteiger partial charge in [0, 0.05) is 37.1 Å². The first kappa shape index (κ1) is 13.5. The molecular formula is C14H17BrN4O. The van der Waals surface area contributed by atoms with Crippen molar-refractivity contribution in [2.75, 3.05) is 36.9 Å². The predicted molar refractivity (Wildman–Crippen MR) is 83.8 cm³/mol. The summed E-state index contributed by atoms with van der Waals surface area (Å²) >= 11 is 3.54. The minimum absolute atomic E-state index is 0.761. The van der Waals surface area contributed by atoms with E-state index in [1.807, 2.05) is 23.9 Å². The van der Waals surface area contributed by atoms with Crippen molar-refractivity contribution < 1.29 is 4.74 Å². The zero-order chi connectivity index (χ0) is 14.1. The van der Waals surface area contributed by atoms with Crippen LogP contribution in [0.25, 0.3) is 11.3 Å². The van der Waals surface area contributed by atoms with Crippen LogP contribution in [-0.2, 0) is 11.8 Å². The minimum Gasteiger partial charge on any atom is -0.399 e. The molecule has 1 aliphatic rings. The third-order valence-electron chi connectivity index (χ3n) is 3.48. The Bertz CT molecular complexity index is 600. The average molecular weight is 337 g/mol. The number of benzene rings is 1. The maximum atomic E-state index is 6.07. The van der Waals surface area contributed by atoms with Crippen molar-refractivity contribution in [3.8, 4) is 11.3 Å². The van der Waals surface area contributed by atoms with E-state index in [9.17, 15) is 0 Å². The highest BCUT2D eigenvalue weighted by atomic mass is 79.9. The molecule has 0 aliphatic carbocycles. The number of hydrogen-bond acceptors (Lipinski definition) is 4. The summed E-state index contributed by atoms with van der Waals surface area (Å²) < 4.78 is 8.22. The van der Waals surface area contributed by atoms with Gasteiger partial charge in [-0.05, 0) is 34.1 Å². The first-order valence-electron chi connectivity index (χ1n) is 6.56. The Morgan fingerprint density at radius 1 is 1.25 bits per heavy atom. The van der Waals surface area contributed by atoms with Gasteiger partial charge in [-0.1, -0.05) is 0 Å². The molecule has 1 aromatic heterocycles. The third kappa shape index (κ3) is 2.53. The number of nitrogens with zero attached hydrogens (tertiary/aromatic N) is 3. The van der Waals surface area contributed by atoms with Crippen molar-refractivity contribution in [2.45, 2.75) is 0 Å². The van der Waals surface area contributed by atoms with E-state index in [0.29, 0.717) is 0 Å². The van der Waals surface area contributed by atoms with E-state index in [2.05, 4.69) is 32.0 Å². The summed E-state index contributed by atoms with van der Waals surface area (Å²) in [5.74, 6) is 0. The quantitative estimate of drug-likeness (QED) is 0.854. The number of halogens is 1. The molecule has 106 valence electrons. The summed E-state index contributed by atoms with van der Waals surface area (Å²) in [6.45, 7) is 3.32. The summed E-state index contributed by atoms with van der Waals surface area (Å²) in [4.78, 5) is 2.30. The lowest BCUT2D eigenvalue weighted by atomic mass is 10.1. The van der Waals surface area contributed by atoms with Crippen molar-refractivity contribution in [2.24, 2.45) is 7.05 Å². The fraction of sp³-hybridized carbons (Fsp3) is 0.357. The van der Waals surface area contributed by atoms with Gasteiger partial charge >= 0.3 is 0 Å². The Morgan fingerprint density at radius 3 is 2.65 bits per heavy atom. The van der Waals surface area contributed by atoms with E-state index < -0.39 is 0 Å². The number of nitrogen functional groups attached to an aromatic ring is 1. The lowest BCUT2D eigenvalue weighted by Gasteiger charge is -2.29. The first-order valence-corrected chi connectivity index (χ1v) is 7.35. The van der Waals surface area contributed by atoms with Gasteiger partial charge in [0.1, 0.15) is 0 Å². The summed E-state index contributed by atoms with van der Waals surface area (Å²) in [6, 6.07) is 6.15. The number of nitrogens with two attached hydrogens (primary N) is 1. The Balaban J connectivity index is 2.02. The van der Waals surface area contributed by atoms with Crippen LogP contribution in [0.5, 0.6) is 0 Å². The van der Waals surface area contributed by atoms with Gasteiger partial charge in [0.2, 0.25) is 0 Å². The van der Waals surface area contributed by atoms with Crippen LogP contribution in [0.4, 0.5) is 11.4 Å². The van der Waals surface area contributed by atoms with Gasteiger partial charge in [0.25, 0.3) is 0 Å². The smallest absolute Gasteiger partial charge is 0.0822 e. The Labute approximate surface area is 126 Å². The second-order valence-corrected chi connectivity index (χ2v) is 5.73. The molecule has 0 bridgehead atoms. The molecular weight excluding hydrogens is 320 g/mol. The number of aromatic nitrogens is 2. The number of anilines is 2. The van der Waals surface area contributed by atoms with Crippen molar-refractivity contribution >= 4 is 27.3 Å². The molecule has 2 heterocycles. The van der Waals surface area contributed by atoms with Gasteiger partial charge < -0.3 is 15.4 Å². The lowest BCUT2D eigenvalue weighted by molar-refractivity contribution is 0.122. The monoisotopic (exact) mass is 336 g/mol. The SMILES string of the molecule is Cn1ncc(Br)c1-c1cc(N)cc(N2CCOCC2)c1. The third-order valence-corrected chi connectivity index (χ3v) is 4.06. The van der Waals surface area contributed by atoms with Crippen LogP contribution >= 0.6 is 15.9 Å². The largest absolute Gasteiger partial charge is 0.399 e. The van der Waals surface area contributed by atoms with E-state index in [0.717, 1.165) is 53.4 Å². The number of rotatable bonds is 2. The van der Waals surface area contributed by atoms with Crippen LogP contribution in [0.2, 0.25) is 0 Å². The fourth-order valence-electron chi connectivity index (χ4n) is 2.51. The van der Waals surface area contributed by atoms with E-state index in [1.54, 1.807) is 6.20 Å². The second kappa shape index (κ2) is 5.46. The average Bonchev–Trinajstić information content (AvgIpc) is 2.78. The molecule has 1 aliphatic heterocycles. The van der Waals surface area contributed by atoms with E-state index in [-0.39, 0.29) is 0 Å². The van der Waals surface area contributed by atoms with Crippen LogP contribution < -0.4 is 10.6 Å². The predicted octanol–water partition coefficient (Wildman–Crippen LogP) is 2.27. The van der Waals surface area contributed by atoms with Gasteiger partial charge in [0.05, 0.1) is 29.6 Å². The van der Waals surface area contributed by atoms with Gasteiger partial charge in [0.15, 0.2) is 0 Å². The number of morpholine rings is 1. The molecule has 0 atom stereocenters. The molecule has 0 saturated carbocycles. The van der Waals surface area contributed by atoms with Gasteiger partial charge in [-0.25, -0.2) is 0 Å². The van der Waals surface area contributed by atoms with Gasteiger partial charge in [-0.15, -0.1) is 0 Å². The normalized spacial score (nSPS) is 15.6. The number of ether oxygens (including phenoxy) is 1. The van der Waals surface area contributed by atoms with E-state index in [4.69, 9.17) is 10.5 Å². The highest BCUT2D eigenvalue weighted by molar-refractivity contribution is 9.10. The molecule has 2 N–H and O–H groups in total. The summed E-state index contributed by atoms with van der Waals surface area (Å²) in [5, 5.41) is 4.26. The van der Waals surface area contributed by atoms with Crippen molar-refractivity contribution in [3.05, 3.63) is 28.9 Å². The van der Waals surface area contributed by atoms with Crippen molar-refractivity contribution in [1.82, 2.24) is 9.78 Å². The maximum absolute atomic E-state index is 6.07. The molecule has 0 amide bonds. The molecule has 3 rings (SSSR count). The van der Waals surface area contributed by atoms with Crippen LogP contribution in [-0.4, -0.2) is 36.1 Å². The summed E-state index contributed by atoms with van der Waals surface area (Å²) in [7, 11) is 1.93. The Hall–Kier alpha value is -1.53. The molecule has 0 radical (unpaired) electrons. The molecule has 20 heavy (non-hydrogen) atoms. The van der Waals surface area contributed by atoms with Crippen LogP contribution in [0.1, 0.15) is 0 Å². The van der Waals surface area contributed by atoms with E-state index >= 15 is 0 Å². The minimum atomic E-state index is 0.761. The highest BCUT2D eigenvalue weighted by Crippen LogP contribution is 2.32. The molecule has 0 spiro atoms. The molecule has 1 aromatic carbocycles. The van der Waals surface area contributed by atoms with Crippen molar-refractivity contribution in [1.29, 1.82) is 0 Å². The fourth-order valence-corrected chi connectivity index (χ4v) is 3.09. The van der Waals surface area contributed by atoms with Gasteiger partial charge in [-0.2, -0.15) is 5.10 Å². The molecule has 5 nitrogen and oxygen atoms in total.